The van der Waals surface area contributed by atoms with E-state index in [0.29, 0.717) is 11.3 Å². The SMILES string of the molecule is CN(C)CCN(C)c1cc(C#N)ccc1N. The van der Waals surface area contributed by atoms with Gasteiger partial charge >= 0.3 is 0 Å². The van der Waals surface area contributed by atoms with Gasteiger partial charge in [0.25, 0.3) is 0 Å². The molecule has 0 amide bonds. The van der Waals surface area contributed by atoms with Crippen LogP contribution in [-0.4, -0.2) is 39.1 Å². The van der Waals surface area contributed by atoms with Crippen LogP contribution in [-0.2, 0) is 0 Å². The van der Waals surface area contributed by atoms with Gasteiger partial charge in [-0.3, -0.25) is 0 Å². The van der Waals surface area contributed by atoms with Gasteiger partial charge in [0.05, 0.1) is 23.0 Å². The third-order valence-corrected chi connectivity index (χ3v) is 2.45. The Hall–Kier alpha value is -1.73. The van der Waals surface area contributed by atoms with Gasteiger partial charge in [-0.2, -0.15) is 5.26 Å². The molecule has 4 nitrogen and oxygen atoms in total. The summed E-state index contributed by atoms with van der Waals surface area (Å²) in [6, 6.07) is 7.46. The van der Waals surface area contributed by atoms with Crippen molar-refractivity contribution in [3.05, 3.63) is 23.8 Å². The van der Waals surface area contributed by atoms with E-state index in [1.165, 1.54) is 0 Å². The molecule has 0 saturated carbocycles. The molecule has 0 atom stereocenters. The monoisotopic (exact) mass is 218 g/mol. The van der Waals surface area contributed by atoms with E-state index in [9.17, 15) is 0 Å². The smallest absolute Gasteiger partial charge is 0.0992 e. The van der Waals surface area contributed by atoms with Crippen LogP contribution in [0.2, 0.25) is 0 Å². The summed E-state index contributed by atoms with van der Waals surface area (Å²) >= 11 is 0. The van der Waals surface area contributed by atoms with Crippen molar-refractivity contribution in [2.45, 2.75) is 0 Å². The van der Waals surface area contributed by atoms with Gasteiger partial charge in [0, 0.05) is 20.1 Å². The first kappa shape index (κ1) is 12.3. The molecule has 0 heterocycles. The predicted molar refractivity (Wildman–Crippen MR) is 67.4 cm³/mol. The second kappa shape index (κ2) is 5.38. The van der Waals surface area contributed by atoms with Crippen LogP contribution in [0.25, 0.3) is 0 Å². The van der Waals surface area contributed by atoms with Gasteiger partial charge in [0.15, 0.2) is 0 Å². The van der Waals surface area contributed by atoms with Crippen molar-refractivity contribution in [2.24, 2.45) is 0 Å². The summed E-state index contributed by atoms with van der Waals surface area (Å²) in [6.07, 6.45) is 0. The van der Waals surface area contributed by atoms with Crippen molar-refractivity contribution in [1.29, 1.82) is 5.26 Å². The van der Waals surface area contributed by atoms with Gasteiger partial charge in [-0.1, -0.05) is 0 Å². The Bertz CT molecular complexity index is 392. The van der Waals surface area contributed by atoms with Gasteiger partial charge in [0.1, 0.15) is 0 Å². The number of nitrogen functional groups attached to an aromatic ring is 1. The van der Waals surface area contributed by atoms with E-state index in [0.717, 1.165) is 18.8 Å². The van der Waals surface area contributed by atoms with Crippen molar-refractivity contribution in [3.63, 3.8) is 0 Å². The molecule has 86 valence electrons. The molecule has 4 heteroatoms. The molecule has 0 unspecified atom stereocenters. The lowest BCUT2D eigenvalue weighted by Crippen LogP contribution is -2.28. The summed E-state index contributed by atoms with van der Waals surface area (Å²) in [5.41, 5.74) is 8.15. The molecule has 0 aliphatic carbocycles. The molecule has 2 N–H and O–H groups in total. The topological polar surface area (TPSA) is 56.3 Å². The van der Waals surface area contributed by atoms with E-state index in [2.05, 4.69) is 15.9 Å². The van der Waals surface area contributed by atoms with E-state index in [-0.39, 0.29) is 0 Å². The number of anilines is 2. The molecular weight excluding hydrogens is 200 g/mol. The number of nitrogens with two attached hydrogens (primary N) is 1. The lowest BCUT2D eigenvalue weighted by molar-refractivity contribution is 0.416. The molecule has 0 aromatic heterocycles. The zero-order valence-electron chi connectivity index (χ0n) is 10.1. The third kappa shape index (κ3) is 3.14. The standard InChI is InChI=1S/C12H18N4/c1-15(2)6-7-16(3)12-8-10(9-13)4-5-11(12)14/h4-5,8H,6-7,14H2,1-3H3. The molecular formula is C12H18N4. The average molecular weight is 218 g/mol. The van der Waals surface area contributed by atoms with Crippen molar-refractivity contribution in [2.75, 3.05) is 44.9 Å². The number of benzene rings is 1. The van der Waals surface area contributed by atoms with E-state index >= 15 is 0 Å². The first-order valence-electron chi connectivity index (χ1n) is 5.20. The van der Waals surface area contributed by atoms with Crippen LogP contribution in [0.1, 0.15) is 5.56 Å². The van der Waals surface area contributed by atoms with Gasteiger partial charge < -0.3 is 15.5 Å². The number of nitriles is 1. The highest BCUT2D eigenvalue weighted by atomic mass is 15.2. The van der Waals surface area contributed by atoms with Crippen LogP contribution in [0.5, 0.6) is 0 Å². The van der Waals surface area contributed by atoms with Crippen LogP contribution in [0, 0.1) is 11.3 Å². The summed E-state index contributed by atoms with van der Waals surface area (Å²) < 4.78 is 0. The van der Waals surface area contributed by atoms with E-state index in [1.807, 2.05) is 27.2 Å². The van der Waals surface area contributed by atoms with Gasteiger partial charge in [0.2, 0.25) is 0 Å². The van der Waals surface area contributed by atoms with Gasteiger partial charge in [-0.25, -0.2) is 0 Å². The summed E-state index contributed by atoms with van der Waals surface area (Å²) in [5, 5.41) is 8.84. The second-order valence-corrected chi connectivity index (χ2v) is 4.11. The van der Waals surface area contributed by atoms with Gasteiger partial charge in [-0.05, 0) is 32.3 Å². The lowest BCUT2D eigenvalue weighted by atomic mass is 10.2. The van der Waals surface area contributed by atoms with Crippen molar-refractivity contribution in [3.8, 4) is 6.07 Å². The zero-order chi connectivity index (χ0) is 12.1. The summed E-state index contributed by atoms with van der Waals surface area (Å²) in [6.45, 7) is 1.83. The van der Waals surface area contributed by atoms with Crippen LogP contribution in [0.4, 0.5) is 11.4 Å². The number of nitrogens with zero attached hydrogens (tertiary/aromatic N) is 3. The Morgan fingerprint density at radius 1 is 1.25 bits per heavy atom. The normalized spacial score (nSPS) is 10.2. The molecule has 0 radical (unpaired) electrons. The highest BCUT2D eigenvalue weighted by molar-refractivity contribution is 5.69. The number of hydrogen-bond donors (Lipinski definition) is 1. The first-order valence-corrected chi connectivity index (χ1v) is 5.20. The average Bonchev–Trinajstić information content (AvgIpc) is 2.26. The highest BCUT2D eigenvalue weighted by Gasteiger charge is 2.06. The van der Waals surface area contributed by atoms with E-state index < -0.39 is 0 Å². The van der Waals surface area contributed by atoms with E-state index in [1.54, 1.807) is 12.1 Å². The molecule has 1 aromatic carbocycles. The molecule has 1 rings (SSSR count). The maximum Gasteiger partial charge on any atom is 0.0992 e. The summed E-state index contributed by atoms with van der Waals surface area (Å²) in [7, 11) is 6.04. The fourth-order valence-electron chi connectivity index (χ4n) is 1.41. The van der Waals surface area contributed by atoms with Gasteiger partial charge in [-0.15, -0.1) is 0 Å². The molecule has 0 fully saturated rings. The number of hydrogen-bond acceptors (Lipinski definition) is 4. The van der Waals surface area contributed by atoms with Crippen LogP contribution < -0.4 is 10.6 Å². The van der Waals surface area contributed by atoms with Crippen LogP contribution in [0.3, 0.4) is 0 Å². The molecule has 0 aliphatic rings. The molecule has 0 spiro atoms. The number of likely N-dealkylation sites (N-methyl/N-ethyl adjacent to an activating group) is 2. The minimum atomic E-state index is 0.640. The Balaban J connectivity index is 2.82. The van der Waals surface area contributed by atoms with Crippen molar-refractivity contribution >= 4 is 11.4 Å². The largest absolute Gasteiger partial charge is 0.397 e. The Morgan fingerprint density at radius 2 is 1.94 bits per heavy atom. The molecule has 0 bridgehead atoms. The Morgan fingerprint density at radius 3 is 2.50 bits per heavy atom. The van der Waals surface area contributed by atoms with Crippen molar-refractivity contribution < 1.29 is 0 Å². The quantitative estimate of drug-likeness (QED) is 0.770. The Labute approximate surface area is 96.9 Å². The maximum atomic E-state index is 8.84. The molecule has 0 aliphatic heterocycles. The number of rotatable bonds is 4. The summed E-state index contributed by atoms with van der Waals surface area (Å²) in [5.74, 6) is 0. The fraction of sp³-hybridized carbons (Fsp3) is 0.417. The van der Waals surface area contributed by atoms with E-state index in [4.69, 9.17) is 11.0 Å². The van der Waals surface area contributed by atoms with Crippen LogP contribution in [0.15, 0.2) is 18.2 Å². The second-order valence-electron chi connectivity index (χ2n) is 4.11. The third-order valence-electron chi connectivity index (χ3n) is 2.45. The Kier molecular flexibility index (Phi) is 4.15. The minimum absolute atomic E-state index is 0.640. The zero-order valence-corrected chi connectivity index (χ0v) is 10.1. The van der Waals surface area contributed by atoms with Crippen LogP contribution >= 0.6 is 0 Å². The van der Waals surface area contributed by atoms with Crippen molar-refractivity contribution in [1.82, 2.24) is 4.90 Å². The lowest BCUT2D eigenvalue weighted by Gasteiger charge is -2.23. The first-order chi connectivity index (χ1) is 7.54. The fourth-order valence-corrected chi connectivity index (χ4v) is 1.41. The molecule has 16 heavy (non-hydrogen) atoms. The molecule has 0 saturated heterocycles. The highest BCUT2D eigenvalue weighted by Crippen LogP contribution is 2.22. The maximum absolute atomic E-state index is 8.84. The minimum Gasteiger partial charge on any atom is -0.397 e. The summed E-state index contributed by atoms with van der Waals surface area (Å²) in [4.78, 5) is 4.18. The molecule has 1 aromatic rings. The predicted octanol–water partition coefficient (Wildman–Crippen LogP) is 1.14.